The third-order valence-electron chi connectivity index (χ3n) is 3.88. The molecule has 0 spiro atoms. The molecule has 1 saturated heterocycles. The Balaban J connectivity index is 2.58. The van der Waals surface area contributed by atoms with Crippen molar-refractivity contribution in [1.29, 1.82) is 0 Å². The van der Waals surface area contributed by atoms with Crippen LogP contribution in [-0.4, -0.2) is 13.7 Å². The van der Waals surface area contributed by atoms with E-state index in [-0.39, 0.29) is 5.54 Å². The van der Waals surface area contributed by atoms with E-state index in [9.17, 15) is 0 Å². The van der Waals surface area contributed by atoms with Crippen LogP contribution >= 0.6 is 11.6 Å². The van der Waals surface area contributed by atoms with Crippen LogP contribution in [0.5, 0.6) is 5.75 Å². The number of hydrogen-bond donors (Lipinski definition) is 1. The molecular weight excluding hydrogens is 234 g/mol. The van der Waals surface area contributed by atoms with Crippen molar-refractivity contribution in [3.63, 3.8) is 0 Å². The maximum Gasteiger partial charge on any atom is 0.126 e. The van der Waals surface area contributed by atoms with Gasteiger partial charge in [-0.2, -0.15) is 0 Å². The summed E-state index contributed by atoms with van der Waals surface area (Å²) < 4.78 is 5.49. The minimum atomic E-state index is 0.0364. The third kappa shape index (κ3) is 2.04. The lowest BCUT2D eigenvalue weighted by Gasteiger charge is -2.29. The van der Waals surface area contributed by atoms with E-state index in [1.54, 1.807) is 7.11 Å². The minimum absolute atomic E-state index is 0.0364. The predicted molar refractivity (Wildman–Crippen MR) is 72.1 cm³/mol. The van der Waals surface area contributed by atoms with E-state index in [0.29, 0.717) is 0 Å². The molecule has 1 aliphatic heterocycles. The topological polar surface area (TPSA) is 21.3 Å². The van der Waals surface area contributed by atoms with Crippen LogP contribution in [0.15, 0.2) is 6.07 Å². The molecule has 3 heteroatoms. The van der Waals surface area contributed by atoms with E-state index < -0.39 is 0 Å². The van der Waals surface area contributed by atoms with Crippen LogP contribution in [0, 0.1) is 13.8 Å². The molecular formula is C14H20ClNO. The number of nitrogens with one attached hydrogen (secondary N) is 1. The van der Waals surface area contributed by atoms with E-state index in [1.165, 1.54) is 17.5 Å². The SMILES string of the molecule is COc1c(C)c(Cl)cc(C2(C)CCCN2)c1C. The number of benzene rings is 1. The molecule has 0 radical (unpaired) electrons. The lowest BCUT2D eigenvalue weighted by molar-refractivity contribution is 0.396. The summed E-state index contributed by atoms with van der Waals surface area (Å²) in [5.74, 6) is 0.919. The second-order valence-corrected chi connectivity index (χ2v) is 5.46. The van der Waals surface area contributed by atoms with Gasteiger partial charge in [-0.1, -0.05) is 11.6 Å². The summed E-state index contributed by atoms with van der Waals surface area (Å²) >= 11 is 6.30. The molecule has 2 rings (SSSR count). The highest BCUT2D eigenvalue weighted by molar-refractivity contribution is 6.31. The van der Waals surface area contributed by atoms with Crippen molar-refractivity contribution in [2.75, 3.05) is 13.7 Å². The summed E-state index contributed by atoms with van der Waals surface area (Å²) in [6, 6.07) is 2.09. The van der Waals surface area contributed by atoms with Crippen LogP contribution in [-0.2, 0) is 5.54 Å². The summed E-state index contributed by atoms with van der Waals surface area (Å²) in [7, 11) is 1.71. The number of ether oxygens (including phenoxy) is 1. The lowest BCUT2D eigenvalue weighted by Crippen LogP contribution is -2.34. The number of halogens is 1. The summed E-state index contributed by atoms with van der Waals surface area (Å²) in [6.07, 6.45) is 2.36. The number of hydrogen-bond acceptors (Lipinski definition) is 2. The Hall–Kier alpha value is -0.730. The largest absolute Gasteiger partial charge is 0.496 e. The zero-order chi connectivity index (χ0) is 12.6. The van der Waals surface area contributed by atoms with Gasteiger partial charge in [-0.05, 0) is 57.4 Å². The first kappa shape index (κ1) is 12.7. The van der Waals surface area contributed by atoms with Crippen molar-refractivity contribution in [1.82, 2.24) is 5.32 Å². The first-order chi connectivity index (χ1) is 7.99. The van der Waals surface area contributed by atoms with Crippen molar-refractivity contribution < 1.29 is 4.74 Å². The predicted octanol–water partition coefficient (Wildman–Crippen LogP) is 3.56. The zero-order valence-electron chi connectivity index (χ0n) is 11.0. The Kier molecular flexibility index (Phi) is 3.37. The van der Waals surface area contributed by atoms with Crippen molar-refractivity contribution in [2.45, 2.75) is 39.2 Å². The Morgan fingerprint density at radius 3 is 2.59 bits per heavy atom. The molecule has 0 amide bonds. The second-order valence-electron chi connectivity index (χ2n) is 5.05. The van der Waals surface area contributed by atoms with E-state index in [1.807, 2.05) is 6.92 Å². The molecule has 1 atom stereocenters. The molecule has 1 unspecified atom stereocenters. The molecule has 94 valence electrons. The molecule has 0 aliphatic carbocycles. The normalized spacial score (nSPS) is 24.1. The maximum atomic E-state index is 6.30. The van der Waals surface area contributed by atoms with Crippen LogP contribution in [0.25, 0.3) is 0 Å². The number of rotatable bonds is 2. The van der Waals surface area contributed by atoms with Gasteiger partial charge in [-0.15, -0.1) is 0 Å². The van der Waals surface area contributed by atoms with Crippen LogP contribution < -0.4 is 10.1 Å². The monoisotopic (exact) mass is 253 g/mol. The summed E-state index contributed by atoms with van der Waals surface area (Å²) in [5, 5.41) is 4.36. The van der Waals surface area contributed by atoms with Gasteiger partial charge in [0.25, 0.3) is 0 Å². The highest BCUT2D eigenvalue weighted by Gasteiger charge is 2.33. The molecule has 0 bridgehead atoms. The maximum absolute atomic E-state index is 6.30. The van der Waals surface area contributed by atoms with Crippen LogP contribution in [0.3, 0.4) is 0 Å². The van der Waals surface area contributed by atoms with E-state index in [0.717, 1.165) is 29.3 Å². The van der Waals surface area contributed by atoms with Crippen molar-refractivity contribution in [3.8, 4) is 5.75 Å². The number of methoxy groups -OCH3 is 1. The molecule has 1 N–H and O–H groups in total. The Bertz CT molecular complexity index is 436. The molecule has 17 heavy (non-hydrogen) atoms. The highest BCUT2D eigenvalue weighted by atomic mass is 35.5. The third-order valence-corrected chi connectivity index (χ3v) is 4.27. The van der Waals surface area contributed by atoms with Gasteiger partial charge in [0, 0.05) is 16.1 Å². The van der Waals surface area contributed by atoms with Crippen LogP contribution in [0.1, 0.15) is 36.5 Å². The lowest BCUT2D eigenvalue weighted by atomic mass is 9.86. The molecule has 1 heterocycles. The van der Waals surface area contributed by atoms with Gasteiger partial charge in [-0.3, -0.25) is 0 Å². The average Bonchev–Trinajstić information content (AvgIpc) is 2.72. The first-order valence-electron chi connectivity index (χ1n) is 6.09. The molecule has 1 aliphatic rings. The van der Waals surface area contributed by atoms with Crippen molar-refractivity contribution in [3.05, 3.63) is 27.8 Å². The van der Waals surface area contributed by atoms with Crippen molar-refractivity contribution >= 4 is 11.6 Å². The summed E-state index contributed by atoms with van der Waals surface area (Å²) in [6.45, 7) is 7.43. The fourth-order valence-electron chi connectivity index (χ4n) is 2.86. The van der Waals surface area contributed by atoms with Gasteiger partial charge >= 0.3 is 0 Å². The Labute approximate surface area is 108 Å². The minimum Gasteiger partial charge on any atom is -0.496 e. The molecule has 0 aromatic heterocycles. The van der Waals surface area contributed by atoms with Crippen LogP contribution in [0.2, 0.25) is 5.02 Å². The standard InChI is InChI=1S/C14H20ClNO/c1-9-11(14(3)6-5-7-16-14)8-12(15)10(2)13(9)17-4/h8,16H,5-7H2,1-4H3. The molecule has 1 aromatic rings. The zero-order valence-corrected chi connectivity index (χ0v) is 11.7. The molecule has 1 fully saturated rings. The fraction of sp³-hybridized carbons (Fsp3) is 0.571. The Morgan fingerprint density at radius 1 is 1.35 bits per heavy atom. The highest BCUT2D eigenvalue weighted by Crippen LogP contribution is 2.40. The fourth-order valence-corrected chi connectivity index (χ4v) is 3.05. The average molecular weight is 254 g/mol. The van der Waals surface area contributed by atoms with E-state index >= 15 is 0 Å². The van der Waals surface area contributed by atoms with Crippen LogP contribution in [0.4, 0.5) is 0 Å². The van der Waals surface area contributed by atoms with Gasteiger partial charge in [-0.25, -0.2) is 0 Å². The summed E-state index contributed by atoms with van der Waals surface area (Å²) in [5.41, 5.74) is 3.53. The van der Waals surface area contributed by atoms with Gasteiger partial charge in [0.05, 0.1) is 7.11 Å². The van der Waals surface area contributed by atoms with Gasteiger partial charge in [0.1, 0.15) is 5.75 Å². The Morgan fingerprint density at radius 2 is 2.06 bits per heavy atom. The van der Waals surface area contributed by atoms with E-state index in [2.05, 4.69) is 25.2 Å². The molecule has 2 nitrogen and oxygen atoms in total. The molecule has 1 aromatic carbocycles. The molecule has 0 saturated carbocycles. The van der Waals surface area contributed by atoms with Gasteiger partial charge in [0.15, 0.2) is 0 Å². The summed E-state index contributed by atoms with van der Waals surface area (Å²) in [4.78, 5) is 0. The van der Waals surface area contributed by atoms with Gasteiger partial charge in [0.2, 0.25) is 0 Å². The van der Waals surface area contributed by atoms with Crippen molar-refractivity contribution in [2.24, 2.45) is 0 Å². The van der Waals surface area contributed by atoms with E-state index in [4.69, 9.17) is 16.3 Å². The van der Waals surface area contributed by atoms with Gasteiger partial charge < -0.3 is 10.1 Å². The second kappa shape index (κ2) is 4.51. The first-order valence-corrected chi connectivity index (χ1v) is 6.46. The quantitative estimate of drug-likeness (QED) is 0.870. The smallest absolute Gasteiger partial charge is 0.126 e.